The molecule has 3 saturated heterocycles. The summed E-state index contributed by atoms with van der Waals surface area (Å²) < 4.78 is 36.1. The number of hydrogen-bond acceptors (Lipinski definition) is 5. The second kappa shape index (κ2) is 6.12. The van der Waals surface area contributed by atoms with Crippen LogP contribution >= 0.6 is 0 Å². The lowest BCUT2D eigenvalue weighted by molar-refractivity contribution is -0.0907. The van der Waals surface area contributed by atoms with Crippen molar-refractivity contribution in [2.75, 3.05) is 39.2 Å². The van der Waals surface area contributed by atoms with E-state index in [0.717, 1.165) is 51.9 Å². The number of ether oxygens (including phenoxy) is 2. The van der Waals surface area contributed by atoms with E-state index < -0.39 is 10.0 Å². The van der Waals surface area contributed by atoms with Crippen molar-refractivity contribution in [3.05, 3.63) is 0 Å². The third kappa shape index (κ3) is 3.76. The summed E-state index contributed by atoms with van der Waals surface area (Å²) in [5, 5.41) is 3.72. The van der Waals surface area contributed by atoms with Gasteiger partial charge in [-0.05, 0) is 25.7 Å². The molecule has 0 aliphatic carbocycles. The fraction of sp³-hybridized carbons (Fsp3) is 1.00. The maximum atomic E-state index is 11.5. The largest absolute Gasteiger partial charge is 0.378 e. The van der Waals surface area contributed by atoms with Gasteiger partial charge in [-0.1, -0.05) is 0 Å². The van der Waals surface area contributed by atoms with E-state index >= 15 is 0 Å². The zero-order valence-corrected chi connectivity index (χ0v) is 13.5. The summed E-state index contributed by atoms with van der Waals surface area (Å²) in [5.41, 5.74) is -0.0661. The third-order valence-corrected chi connectivity index (χ3v) is 6.26. The van der Waals surface area contributed by atoms with Crippen molar-refractivity contribution in [1.82, 2.24) is 9.62 Å². The van der Waals surface area contributed by atoms with Crippen molar-refractivity contribution in [3.8, 4) is 0 Å². The highest BCUT2D eigenvalue weighted by molar-refractivity contribution is 7.88. The minimum Gasteiger partial charge on any atom is -0.378 e. The highest BCUT2D eigenvalue weighted by Crippen LogP contribution is 2.33. The van der Waals surface area contributed by atoms with Gasteiger partial charge in [0.2, 0.25) is 10.0 Å². The molecule has 21 heavy (non-hydrogen) atoms. The summed E-state index contributed by atoms with van der Waals surface area (Å²) in [7, 11) is -3.03. The Morgan fingerprint density at radius 3 is 2.52 bits per heavy atom. The van der Waals surface area contributed by atoms with Crippen LogP contribution in [0.25, 0.3) is 0 Å². The van der Waals surface area contributed by atoms with Crippen LogP contribution in [0, 0.1) is 0 Å². The third-order valence-electron chi connectivity index (χ3n) is 4.95. The number of piperidine rings is 1. The highest BCUT2D eigenvalue weighted by Gasteiger charge is 2.41. The molecule has 0 aromatic carbocycles. The van der Waals surface area contributed by atoms with Crippen LogP contribution in [0.4, 0.5) is 0 Å². The summed E-state index contributed by atoms with van der Waals surface area (Å²) in [6.07, 6.45) is 6.13. The maximum absolute atomic E-state index is 11.5. The molecule has 3 fully saturated rings. The summed E-state index contributed by atoms with van der Waals surface area (Å²) in [6, 6.07) is 0.890. The minimum atomic E-state index is -3.03. The molecular weight excluding hydrogens is 292 g/mol. The van der Waals surface area contributed by atoms with Crippen LogP contribution in [-0.2, 0) is 19.5 Å². The van der Waals surface area contributed by atoms with Gasteiger partial charge in [-0.3, -0.25) is 0 Å². The van der Waals surface area contributed by atoms with E-state index in [9.17, 15) is 8.42 Å². The number of hydrogen-bond donors (Lipinski definition) is 1. The van der Waals surface area contributed by atoms with E-state index in [2.05, 4.69) is 5.32 Å². The predicted molar refractivity (Wildman–Crippen MR) is 79.7 cm³/mol. The van der Waals surface area contributed by atoms with E-state index in [1.807, 2.05) is 0 Å². The van der Waals surface area contributed by atoms with Gasteiger partial charge in [-0.25, -0.2) is 12.7 Å². The number of nitrogens with one attached hydrogen (secondary N) is 1. The van der Waals surface area contributed by atoms with E-state index in [1.165, 1.54) is 6.26 Å². The second-order valence-electron chi connectivity index (χ2n) is 6.63. The minimum absolute atomic E-state index is 0.0661. The molecule has 3 rings (SSSR count). The van der Waals surface area contributed by atoms with Gasteiger partial charge in [0.1, 0.15) is 0 Å². The van der Waals surface area contributed by atoms with Crippen LogP contribution in [0.5, 0.6) is 0 Å². The second-order valence-corrected chi connectivity index (χ2v) is 8.61. The molecule has 7 heteroatoms. The van der Waals surface area contributed by atoms with Gasteiger partial charge in [0.15, 0.2) is 0 Å². The predicted octanol–water partition coefficient (Wildman–Crippen LogP) is 0.338. The van der Waals surface area contributed by atoms with Crippen molar-refractivity contribution < 1.29 is 17.9 Å². The topological polar surface area (TPSA) is 67.9 Å². The van der Waals surface area contributed by atoms with Crippen LogP contribution < -0.4 is 5.32 Å². The zero-order valence-electron chi connectivity index (χ0n) is 12.7. The molecule has 0 aromatic heterocycles. The molecule has 3 aliphatic rings. The Hall–Kier alpha value is -0.210. The molecule has 3 aliphatic heterocycles. The monoisotopic (exact) mass is 318 g/mol. The van der Waals surface area contributed by atoms with Crippen LogP contribution in [0.3, 0.4) is 0 Å². The molecule has 3 heterocycles. The normalized spacial score (nSPS) is 36.3. The van der Waals surface area contributed by atoms with Crippen molar-refractivity contribution in [2.45, 2.75) is 49.8 Å². The average molecular weight is 318 g/mol. The zero-order chi connectivity index (χ0) is 14.9. The number of sulfonamides is 1. The summed E-state index contributed by atoms with van der Waals surface area (Å²) in [4.78, 5) is 0. The van der Waals surface area contributed by atoms with Gasteiger partial charge < -0.3 is 14.8 Å². The van der Waals surface area contributed by atoms with E-state index in [4.69, 9.17) is 9.47 Å². The molecule has 6 nitrogen and oxygen atoms in total. The standard InChI is InChI=1S/C14H26N2O4S/c1-21(17,18)16-6-2-12(3-7-16)15-13-4-8-20-14(10-13)5-9-19-11-14/h12-13,15H,2-11H2,1H3. The van der Waals surface area contributed by atoms with Crippen molar-refractivity contribution in [3.63, 3.8) is 0 Å². The van der Waals surface area contributed by atoms with Crippen molar-refractivity contribution in [1.29, 1.82) is 0 Å². The lowest BCUT2D eigenvalue weighted by Gasteiger charge is -2.40. The van der Waals surface area contributed by atoms with Gasteiger partial charge in [0.05, 0.1) is 18.5 Å². The first-order valence-electron chi connectivity index (χ1n) is 7.90. The molecule has 0 aromatic rings. The van der Waals surface area contributed by atoms with E-state index in [0.29, 0.717) is 25.2 Å². The SMILES string of the molecule is CS(=O)(=O)N1CCC(NC2CCOC3(CCOC3)C2)CC1. The molecule has 1 spiro atoms. The maximum Gasteiger partial charge on any atom is 0.211 e. The number of rotatable bonds is 3. The fourth-order valence-corrected chi connectivity index (χ4v) is 4.59. The summed E-state index contributed by atoms with van der Waals surface area (Å²) >= 11 is 0. The van der Waals surface area contributed by atoms with Gasteiger partial charge in [-0.15, -0.1) is 0 Å². The smallest absolute Gasteiger partial charge is 0.211 e. The lowest BCUT2D eigenvalue weighted by Crippen LogP contribution is -2.52. The Labute approximate surface area is 127 Å². The summed E-state index contributed by atoms with van der Waals surface area (Å²) in [6.45, 7) is 3.59. The van der Waals surface area contributed by atoms with Crippen LogP contribution in [0.15, 0.2) is 0 Å². The van der Waals surface area contributed by atoms with Gasteiger partial charge in [0.25, 0.3) is 0 Å². The Morgan fingerprint density at radius 2 is 1.90 bits per heavy atom. The van der Waals surface area contributed by atoms with Gasteiger partial charge in [0, 0.05) is 44.8 Å². The Kier molecular flexibility index (Phi) is 4.57. The quantitative estimate of drug-likeness (QED) is 0.813. The molecular formula is C14H26N2O4S. The molecule has 2 atom stereocenters. The lowest BCUT2D eigenvalue weighted by atomic mass is 9.89. The van der Waals surface area contributed by atoms with Crippen molar-refractivity contribution >= 4 is 10.0 Å². The molecule has 0 radical (unpaired) electrons. The highest BCUT2D eigenvalue weighted by atomic mass is 32.2. The molecule has 122 valence electrons. The summed E-state index contributed by atoms with van der Waals surface area (Å²) in [5.74, 6) is 0. The molecule has 1 N–H and O–H groups in total. The van der Waals surface area contributed by atoms with Crippen molar-refractivity contribution in [2.24, 2.45) is 0 Å². The Balaban J connectivity index is 1.49. The van der Waals surface area contributed by atoms with Crippen LogP contribution in [0.2, 0.25) is 0 Å². The first-order chi connectivity index (χ1) is 9.97. The molecule has 2 unspecified atom stereocenters. The molecule has 0 bridgehead atoms. The van der Waals surface area contributed by atoms with E-state index in [-0.39, 0.29) is 5.60 Å². The fourth-order valence-electron chi connectivity index (χ4n) is 3.72. The van der Waals surface area contributed by atoms with Gasteiger partial charge in [-0.2, -0.15) is 0 Å². The molecule has 0 saturated carbocycles. The average Bonchev–Trinajstić information content (AvgIpc) is 2.86. The van der Waals surface area contributed by atoms with Gasteiger partial charge >= 0.3 is 0 Å². The van der Waals surface area contributed by atoms with Crippen LogP contribution in [0.1, 0.15) is 32.1 Å². The Morgan fingerprint density at radius 1 is 1.14 bits per heavy atom. The molecule has 0 amide bonds. The first-order valence-corrected chi connectivity index (χ1v) is 9.75. The Bertz CT molecular complexity index is 454. The van der Waals surface area contributed by atoms with E-state index in [1.54, 1.807) is 4.31 Å². The number of nitrogens with zero attached hydrogens (tertiary/aromatic N) is 1. The first kappa shape index (κ1) is 15.7. The van der Waals surface area contributed by atoms with Crippen LogP contribution in [-0.4, -0.2) is 69.6 Å².